The van der Waals surface area contributed by atoms with Crippen molar-refractivity contribution in [3.8, 4) is 16.9 Å². The van der Waals surface area contributed by atoms with E-state index in [2.05, 4.69) is 85.7 Å². The Balaban J connectivity index is 1.47. The molecule has 0 fully saturated rings. The van der Waals surface area contributed by atoms with E-state index in [0.717, 1.165) is 38.0 Å². The van der Waals surface area contributed by atoms with E-state index in [9.17, 15) is 0 Å². The highest BCUT2D eigenvalue weighted by atomic mass is 16.5. The van der Waals surface area contributed by atoms with Gasteiger partial charge in [0.05, 0.1) is 6.61 Å². The summed E-state index contributed by atoms with van der Waals surface area (Å²) in [6.07, 6.45) is 12.6. The van der Waals surface area contributed by atoms with Crippen LogP contribution in [0.3, 0.4) is 0 Å². The fraction of sp³-hybridized carbons (Fsp3) is 0.414. The molecule has 0 aliphatic rings. The van der Waals surface area contributed by atoms with Crippen molar-refractivity contribution < 1.29 is 4.74 Å². The van der Waals surface area contributed by atoms with Gasteiger partial charge >= 0.3 is 0 Å². The maximum absolute atomic E-state index is 5.82. The number of hydrogen-bond donors (Lipinski definition) is 0. The first kappa shape index (κ1) is 23.1. The minimum Gasteiger partial charge on any atom is -0.494 e. The van der Waals surface area contributed by atoms with Gasteiger partial charge in [0.2, 0.25) is 0 Å². The molecule has 0 N–H and O–H groups in total. The van der Waals surface area contributed by atoms with E-state index in [1.807, 2.05) is 0 Å². The van der Waals surface area contributed by atoms with Crippen molar-refractivity contribution in [1.82, 2.24) is 4.98 Å². The van der Waals surface area contributed by atoms with Crippen LogP contribution in [0.15, 0.2) is 66.9 Å². The Morgan fingerprint density at radius 2 is 1.23 bits per heavy atom. The maximum Gasteiger partial charge on any atom is 0.119 e. The first-order chi connectivity index (χ1) is 15.3. The Morgan fingerprint density at radius 1 is 0.613 bits per heavy atom. The molecule has 3 rings (SSSR count). The van der Waals surface area contributed by atoms with Crippen molar-refractivity contribution in [3.05, 3.63) is 83.7 Å². The molecule has 2 heteroatoms. The van der Waals surface area contributed by atoms with Crippen LogP contribution in [0.4, 0.5) is 0 Å². The van der Waals surface area contributed by atoms with Gasteiger partial charge in [-0.2, -0.15) is 0 Å². The lowest BCUT2D eigenvalue weighted by Crippen LogP contribution is -1.96. The third-order valence-corrected chi connectivity index (χ3v) is 5.78. The quantitative estimate of drug-likeness (QED) is 0.265. The second-order valence-electron chi connectivity index (χ2n) is 8.39. The number of ether oxygens (including phenoxy) is 1. The highest BCUT2D eigenvalue weighted by Gasteiger charge is 2.02. The third kappa shape index (κ3) is 7.86. The molecule has 2 nitrogen and oxygen atoms in total. The van der Waals surface area contributed by atoms with Crippen molar-refractivity contribution in [1.29, 1.82) is 0 Å². The summed E-state index contributed by atoms with van der Waals surface area (Å²) < 4.78 is 5.82. The van der Waals surface area contributed by atoms with Crippen molar-refractivity contribution >= 4 is 0 Å². The average Bonchev–Trinajstić information content (AvgIpc) is 2.82. The number of rotatable bonds is 13. The Bertz CT molecular complexity index is 866. The first-order valence-corrected chi connectivity index (χ1v) is 12.0. The van der Waals surface area contributed by atoms with Gasteiger partial charge in [-0.3, -0.25) is 4.98 Å². The smallest absolute Gasteiger partial charge is 0.119 e. The summed E-state index contributed by atoms with van der Waals surface area (Å²) in [5, 5.41) is 0. The molecular weight excluding hydrogens is 378 g/mol. The SMILES string of the molecule is CCCCCOc1ccc(-c2ccc(CCc3ccc(CCCCC)nc3)cc2)cc1. The van der Waals surface area contributed by atoms with Crippen LogP contribution in [0.25, 0.3) is 11.1 Å². The molecule has 0 bridgehead atoms. The van der Waals surface area contributed by atoms with Gasteiger partial charge in [-0.25, -0.2) is 0 Å². The van der Waals surface area contributed by atoms with E-state index in [0.29, 0.717) is 0 Å². The monoisotopic (exact) mass is 415 g/mol. The number of unbranched alkanes of at least 4 members (excludes halogenated alkanes) is 4. The van der Waals surface area contributed by atoms with Crippen LogP contribution >= 0.6 is 0 Å². The summed E-state index contributed by atoms with van der Waals surface area (Å²) in [5.74, 6) is 0.960. The van der Waals surface area contributed by atoms with Crippen LogP contribution in [0, 0.1) is 0 Å². The number of aromatic nitrogens is 1. The summed E-state index contributed by atoms with van der Waals surface area (Å²) in [4.78, 5) is 4.64. The van der Waals surface area contributed by atoms with Crippen LogP contribution in [0.1, 0.15) is 69.2 Å². The Labute approximate surface area is 188 Å². The number of benzene rings is 2. The minimum absolute atomic E-state index is 0.805. The maximum atomic E-state index is 5.82. The average molecular weight is 416 g/mol. The lowest BCUT2D eigenvalue weighted by molar-refractivity contribution is 0.306. The van der Waals surface area contributed by atoms with E-state index in [1.54, 1.807) is 0 Å². The van der Waals surface area contributed by atoms with Crippen LogP contribution in [-0.2, 0) is 19.3 Å². The van der Waals surface area contributed by atoms with Gasteiger partial charge in [0.15, 0.2) is 0 Å². The lowest BCUT2D eigenvalue weighted by atomic mass is 10.0. The van der Waals surface area contributed by atoms with Crippen molar-refractivity contribution in [3.63, 3.8) is 0 Å². The number of aryl methyl sites for hydroxylation is 3. The van der Waals surface area contributed by atoms with Crippen LogP contribution in [0.2, 0.25) is 0 Å². The van der Waals surface area contributed by atoms with E-state index >= 15 is 0 Å². The molecule has 0 saturated heterocycles. The predicted molar refractivity (Wildman–Crippen MR) is 132 cm³/mol. The molecule has 0 radical (unpaired) electrons. The fourth-order valence-electron chi connectivity index (χ4n) is 3.75. The first-order valence-electron chi connectivity index (χ1n) is 12.0. The lowest BCUT2D eigenvalue weighted by Gasteiger charge is -2.08. The zero-order chi connectivity index (χ0) is 21.7. The Kier molecular flexibility index (Phi) is 9.63. The normalized spacial score (nSPS) is 10.9. The molecule has 31 heavy (non-hydrogen) atoms. The van der Waals surface area contributed by atoms with Crippen molar-refractivity contribution in [2.75, 3.05) is 6.61 Å². The zero-order valence-electron chi connectivity index (χ0n) is 19.3. The fourth-order valence-corrected chi connectivity index (χ4v) is 3.75. The molecule has 0 spiro atoms. The molecular formula is C29H37NO. The highest BCUT2D eigenvalue weighted by molar-refractivity contribution is 5.64. The number of hydrogen-bond acceptors (Lipinski definition) is 2. The largest absolute Gasteiger partial charge is 0.494 e. The molecule has 1 heterocycles. The second-order valence-corrected chi connectivity index (χ2v) is 8.39. The highest BCUT2D eigenvalue weighted by Crippen LogP contribution is 2.23. The number of nitrogens with zero attached hydrogens (tertiary/aromatic N) is 1. The summed E-state index contributed by atoms with van der Waals surface area (Å²) in [5.41, 5.74) is 6.39. The van der Waals surface area contributed by atoms with Gasteiger partial charge in [0, 0.05) is 11.9 Å². The summed E-state index contributed by atoms with van der Waals surface area (Å²) in [6.45, 7) is 5.26. The zero-order valence-corrected chi connectivity index (χ0v) is 19.3. The van der Waals surface area contributed by atoms with Crippen molar-refractivity contribution in [2.24, 2.45) is 0 Å². The summed E-state index contributed by atoms with van der Waals surface area (Å²) in [7, 11) is 0. The molecule has 2 aromatic carbocycles. The Hall–Kier alpha value is -2.61. The molecule has 0 aliphatic heterocycles. The van der Waals surface area contributed by atoms with Gasteiger partial charge in [0.1, 0.15) is 5.75 Å². The minimum atomic E-state index is 0.805. The predicted octanol–water partition coefficient (Wildman–Crippen LogP) is 7.84. The van der Waals surface area contributed by atoms with E-state index in [-0.39, 0.29) is 0 Å². The van der Waals surface area contributed by atoms with E-state index in [4.69, 9.17) is 4.74 Å². The van der Waals surface area contributed by atoms with Gasteiger partial charge in [-0.05, 0) is 72.6 Å². The van der Waals surface area contributed by atoms with E-state index < -0.39 is 0 Å². The standard InChI is InChI=1S/C29H37NO/c1-3-5-7-9-28-19-14-25(23-30-28)11-10-24-12-15-26(16-13-24)27-17-20-29(21-18-27)31-22-8-6-4-2/h12-21,23H,3-11,22H2,1-2H3. The molecule has 0 atom stereocenters. The number of pyridine rings is 1. The molecule has 0 amide bonds. The molecule has 0 saturated carbocycles. The topological polar surface area (TPSA) is 22.1 Å². The van der Waals surface area contributed by atoms with Gasteiger partial charge in [0.25, 0.3) is 0 Å². The van der Waals surface area contributed by atoms with Crippen LogP contribution in [0.5, 0.6) is 5.75 Å². The van der Waals surface area contributed by atoms with Gasteiger partial charge in [-0.15, -0.1) is 0 Å². The Morgan fingerprint density at radius 3 is 1.87 bits per heavy atom. The van der Waals surface area contributed by atoms with E-state index in [1.165, 1.54) is 60.1 Å². The second kappa shape index (κ2) is 12.9. The molecule has 0 unspecified atom stereocenters. The molecule has 1 aromatic heterocycles. The van der Waals surface area contributed by atoms with Gasteiger partial charge in [-0.1, -0.05) is 82.0 Å². The van der Waals surface area contributed by atoms with Crippen LogP contribution < -0.4 is 4.74 Å². The van der Waals surface area contributed by atoms with Crippen molar-refractivity contribution in [2.45, 2.75) is 71.6 Å². The van der Waals surface area contributed by atoms with Gasteiger partial charge < -0.3 is 4.74 Å². The van der Waals surface area contributed by atoms with Crippen LogP contribution in [-0.4, -0.2) is 11.6 Å². The summed E-state index contributed by atoms with van der Waals surface area (Å²) >= 11 is 0. The molecule has 3 aromatic rings. The molecule has 164 valence electrons. The third-order valence-electron chi connectivity index (χ3n) is 5.78. The summed E-state index contributed by atoms with van der Waals surface area (Å²) in [6, 6.07) is 21.8. The molecule has 0 aliphatic carbocycles.